The Morgan fingerprint density at radius 3 is 2.52 bits per heavy atom. The summed E-state index contributed by atoms with van der Waals surface area (Å²) in [6, 6.07) is 10.7. The van der Waals surface area contributed by atoms with Crippen molar-refractivity contribution >= 4 is 17.5 Å². The number of nitrogens with zero attached hydrogens (tertiary/aromatic N) is 1. The van der Waals surface area contributed by atoms with E-state index >= 15 is 0 Å². The second-order valence-electron chi connectivity index (χ2n) is 4.62. The summed E-state index contributed by atoms with van der Waals surface area (Å²) >= 11 is 5.97. The van der Waals surface area contributed by atoms with Gasteiger partial charge in [0.05, 0.1) is 7.11 Å². The fourth-order valence-corrected chi connectivity index (χ4v) is 2.21. The lowest BCUT2D eigenvalue weighted by atomic mass is 10.1. The number of hydrogen-bond acceptors (Lipinski definition) is 2. The first kappa shape index (κ1) is 15.3. The van der Waals surface area contributed by atoms with Crippen LogP contribution in [0.4, 0.5) is 4.39 Å². The summed E-state index contributed by atoms with van der Waals surface area (Å²) in [4.78, 5) is 13.8. The third-order valence-corrected chi connectivity index (χ3v) is 3.32. The summed E-state index contributed by atoms with van der Waals surface area (Å²) in [5.74, 6) is 0.0981. The van der Waals surface area contributed by atoms with Crippen LogP contribution in [0.5, 0.6) is 5.75 Å². The Labute approximate surface area is 127 Å². The highest BCUT2D eigenvalue weighted by atomic mass is 35.5. The van der Waals surface area contributed by atoms with E-state index in [9.17, 15) is 9.18 Å². The predicted octanol–water partition coefficient (Wildman–Crippen LogP) is 3.76. The molecule has 0 saturated carbocycles. The van der Waals surface area contributed by atoms with Crippen molar-refractivity contribution in [2.24, 2.45) is 0 Å². The molecule has 110 valence electrons. The van der Waals surface area contributed by atoms with Crippen LogP contribution in [0.25, 0.3) is 0 Å². The van der Waals surface area contributed by atoms with Crippen LogP contribution >= 0.6 is 11.6 Å². The fourth-order valence-electron chi connectivity index (χ4n) is 2.01. The van der Waals surface area contributed by atoms with Crippen molar-refractivity contribution in [3.05, 3.63) is 64.4 Å². The summed E-state index contributed by atoms with van der Waals surface area (Å²) in [6.07, 6.45) is 0. The van der Waals surface area contributed by atoms with E-state index in [1.165, 1.54) is 29.2 Å². The molecule has 0 aliphatic heterocycles. The highest BCUT2D eigenvalue weighted by Crippen LogP contribution is 2.24. The van der Waals surface area contributed by atoms with Crippen molar-refractivity contribution in [2.75, 3.05) is 14.2 Å². The number of benzene rings is 2. The van der Waals surface area contributed by atoms with Gasteiger partial charge >= 0.3 is 0 Å². The number of halogens is 2. The van der Waals surface area contributed by atoms with Crippen molar-refractivity contribution in [3.8, 4) is 5.75 Å². The van der Waals surface area contributed by atoms with Gasteiger partial charge in [-0.25, -0.2) is 4.39 Å². The third-order valence-electron chi connectivity index (χ3n) is 3.09. The number of amides is 1. The molecule has 0 aromatic heterocycles. The molecule has 2 aromatic carbocycles. The number of hydrogen-bond donors (Lipinski definition) is 0. The molecule has 1 amide bonds. The van der Waals surface area contributed by atoms with Crippen molar-refractivity contribution in [2.45, 2.75) is 6.54 Å². The molecule has 2 rings (SSSR count). The molecule has 0 bridgehead atoms. The number of rotatable bonds is 4. The van der Waals surface area contributed by atoms with Crippen LogP contribution < -0.4 is 4.74 Å². The smallest absolute Gasteiger partial charge is 0.253 e. The van der Waals surface area contributed by atoms with Gasteiger partial charge in [0.1, 0.15) is 11.6 Å². The zero-order valence-corrected chi connectivity index (χ0v) is 12.5. The lowest BCUT2D eigenvalue weighted by Crippen LogP contribution is -2.26. The molecule has 21 heavy (non-hydrogen) atoms. The molecular weight excluding hydrogens is 293 g/mol. The Bertz CT molecular complexity index is 643. The van der Waals surface area contributed by atoms with Gasteiger partial charge in [0, 0.05) is 29.7 Å². The average molecular weight is 308 g/mol. The zero-order valence-electron chi connectivity index (χ0n) is 11.8. The average Bonchev–Trinajstić information content (AvgIpc) is 2.47. The number of methoxy groups -OCH3 is 1. The molecule has 0 heterocycles. The Morgan fingerprint density at radius 1 is 1.24 bits per heavy atom. The number of carbonyl (C=O) groups is 1. The van der Waals surface area contributed by atoms with Crippen molar-refractivity contribution in [3.63, 3.8) is 0 Å². The maximum Gasteiger partial charge on any atom is 0.253 e. The quantitative estimate of drug-likeness (QED) is 0.860. The van der Waals surface area contributed by atoms with E-state index in [1.807, 2.05) is 0 Å². The molecule has 0 saturated heterocycles. The Hall–Kier alpha value is -2.07. The largest absolute Gasteiger partial charge is 0.496 e. The first-order valence-corrected chi connectivity index (χ1v) is 6.72. The second kappa shape index (κ2) is 6.59. The molecule has 3 nitrogen and oxygen atoms in total. The molecule has 0 atom stereocenters. The standard InChI is InChI=1S/C16H15ClFNO2/c1-19(16(20)11-3-6-14(18)7-4-11)10-12-9-13(17)5-8-15(12)21-2/h3-9H,10H2,1-2H3. The Morgan fingerprint density at radius 2 is 1.90 bits per heavy atom. The minimum atomic E-state index is -0.370. The van der Waals surface area contributed by atoms with Crippen LogP contribution in [0.2, 0.25) is 5.02 Å². The van der Waals surface area contributed by atoms with Crippen LogP contribution in [-0.4, -0.2) is 25.0 Å². The van der Waals surface area contributed by atoms with Gasteiger partial charge in [-0.3, -0.25) is 4.79 Å². The van der Waals surface area contributed by atoms with Gasteiger partial charge in [0.25, 0.3) is 5.91 Å². The van der Waals surface area contributed by atoms with Crippen LogP contribution in [0.1, 0.15) is 15.9 Å². The van der Waals surface area contributed by atoms with E-state index in [0.717, 1.165) is 5.56 Å². The number of carbonyl (C=O) groups excluding carboxylic acids is 1. The topological polar surface area (TPSA) is 29.5 Å². The summed E-state index contributed by atoms with van der Waals surface area (Å²) in [5.41, 5.74) is 1.24. The summed E-state index contributed by atoms with van der Waals surface area (Å²) in [6.45, 7) is 0.347. The van der Waals surface area contributed by atoms with Crippen molar-refractivity contribution < 1.29 is 13.9 Å². The highest BCUT2D eigenvalue weighted by molar-refractivity contribution is 6.30. The number of ether oxygens (including phenoxy) is 1. The minimum absolute atomic E-state index is 0.197. The third kappa shape index (κ3) is 3.73. The van der Waals surface area contributed by atoms with Crippen molar-refractivity contribution in [1.29, 1.82) is 0 Å². The van der Waals surface area contributed by atoms with Gasteiger partial charge in [-0.1, -0.05) is 11.6 Å². The Balaban J connectivity index is 2.17. The molecule has 0 aliphatic carbocycles. The first-order chi connectivity index (χ1) is 10.0. The molecule has 0 aliphatic rings. The van der Waals surface area contributed by atoms with Gasteiger partial charge in [-0.2, -0.15) is 0 Å². The van der Waals surface area contributed by atoms with Crippen LogP contribution in [0, 0.1) is 5.82 Å². The maximum absolute atomic E-state index is 12.9. The molecule has 0 radical (unpaired) electrons. The maximum atomic E-state index is 12.9. The van der Waals surface area contributed by atoms with Gasteiger partial charge in [-0.15, -0.1) is 0 Å². The van der Waals surface area contributed by atoms with Gasteiger partial charge < -0.3 is 9.64 Å². The Kier molecular flexibility index (Phi) is 4.81. The van der Waals surface area contributed by atoms with E-state index in [2.05, 4.69) is 0 Å². The monoisotopic (exact) mass is 307 g/mol. The molecule has 0 fully saturated rings. The van der Waals surface area contributed by atoms with E-state index in [4.69, 9.17) is 16.3 Å². The van der Waals surface area contributed by atoms with Gasteiger partial charge in [0.2, 0.25) is 0 Å². The summed E-state index contributed by atoms with van der Waals surface area (Å²) in [5, 5.41) is 0.577. The van der Waals surface area contributed by atoms with E-state index in [0.29, 0.717) is 22.9 Å². The summed E-state index contributed by atoms with van der Waals surface area (Å²) in [7, 11) is 3.24. The molecule has 5 heteroatoms. The normalized spacial score (nSPS) is 10.3. The van der Waals surface area contributed by atoms with Crippen LogP contribution in [0.15, 0.2) is 42.5 Å². The zero-order chi connectivity index (χ0) is 15.4. The molecular formula is C16H15ClFNO2. The molecule has 2 aromatic rings. The lowest BCUT2D eigenvalue weighted by molar-refractivity contribution is 0.0784. The van der Waals surface area contributed by atoms with Gasteiger partial charge in [-0.05, 0) is 42.5 Å². The van der Waals surface area contributed by atoms with Crippen LogP contribution in [-0.2, 0) is 6.54 Å². The predicted molar refractivity (Wildman–Crippen MR) is 80.2 cm³/mol. The van der Waals surface area contributed by atoms with Crippen molar-refractivity contribution in [1.82, 2.24) is 4.90 Å². The van der Waals surface area contributed by atoms with E-state index in [1.54, 1.807) is 32.4 Å². The molecule has 0 unspecified atom stereocenters. The van der Waals surface area contributed by atoms with Gasteiger partial charge in [0.15, 0.2) is 0 Å². The summed E-state index contributed by atoms with van der Waals surface area (Å²) < 4.78 is 18.1. The molecule has 0 spiro atoms. The SMILES string of the molecule is COc1ccc(Cl)cc1CN(C)C(=O)c1ccc(F)cc1. The van der Waals surface area contributed by atoms with E-state index in [-0.39, 0.29) is 11.7 Å². The first-order valence-electron chi connectivity index (χ1n) is 6.34. The lowest BCUT2D eigenvalue weighted by Gasteiger charge is -2.19. The fraction of sp³-hybridized carbons (Fsp3) is 0.188. The second-order valence-corrected chi connectivity index (χ2v) is 5.06. The highest BCUT2D eigenvalue weighted by Gasteiger charge is 2.14. The van der Waals surface area contributed by atoms with Crippen LogP contribution in [0.3, 0.4) is 0 Å². The molecule has 0 N–H and O–H groups in total. The van der Waals surface area contributed by atoms with E-state index < -0.39 is 0 Å². The minimum Gasteiger partial charge on any atom is -0.496 e.